The third kappa shape index (κ3) is 1.50. The van der Waals surface area contributed by atoms with Gasteiger partial charge in [0.2, 0.25) is 0 Å². The Kier molecular flexibility index (Phi) is 2.66. The molecule has 2 saturated heterocycles. The molecule has 0 saturated carbocycles. The molecule has 2 rings (SSSR count). The highest BCUT2D eigenvalue weighted by Crippen LogP contribution is 2.18. The maximum Gasteiger partial charge on any atom is 0.0957 e. The van der Waals surface area contributed by atoms with Crippen molar-refractivity contribution in [3.63, 3.8) is 0 Å². The van der Waals surface area contributed by atoms with Crippen LogP contribution in [0.1, 0.15) is 32.1 Å². The number of nitrogens with one attached hydrogen (secondary N) is 1. The van der Waals surface area contributed by atoms with Gasteiger partial charge in [-0.2, -0.15) is 0 Å². The Balaban J connectivity index is 1.99. The molecule has 2 aliphatic heterocycles. The van der Waals surface area contributed by atoms with Crippen molar-refractivity contribution in [1.29, 1.82) is 0 Å². The first-order valence-electron chi connectivity index (χ1n) is 5.55. The van der Waals surface area contributed by atoms with E-state index in [1.165, 1.54) is 51.7 Å². The molecule has 2 heterocycles. The van der Waals surface area contributed by atoms with E-state index in [-0.39, 0.29) is 0 Å². The van der Waals surface area contributed by atoms with E-state index in [4.69, 9.17) is 0 Å². The van der Waals surface area contributed by atoms with Crippen LogP contribution in [0.4, 0.5) is 0 Å². The van der Waals surface area contributed by atoms with Crippen molar-refractivity contribution < 1.29 is 10.6 Å². The highest BCUT2D eigenvalue weighted by atomic mass is 15.2. The monoisotopic (exact) mass is 170 g/mol. The molecule has 0 radical (unpaired) electrons. The van der Waals surface area contributed by atoms with Crippen LogP contribution < -0.4 is 10.6 Å². The summed E-state index contributed by atoms with van der Waals surface area (Å²) in [6.45, 7) is 4.07. The molecular formula is C10H22N2+2. The fourth-order valence-corrected chi connectivity index (χ4v) is 3.12. The molecule has 0 aliphatic carbocycles. The maximum atomic E-state index is 4.09. The second-order valence-corrected chi connectivity index (χ2v) is 4.45. The van der Waals surface area contributed by atoms with E-state index in [2.05, 4.69) is 5.73 Å². The zero-order chi connectivity index (χ0) is 8.39. The highest BCUT2D eigenvalue weighted by Gasteiger charge is 2.36. The van der Waals surface area contributed by atoms with Crippen molar-refractivity contribution in [3.05, 3.63) is 0 Å². The van der Waals surface area contributed by atoms with E-state index < -0.39 is 0 Å². The lowest BCUT2D eigenvalue weighted by Gasteiger charge is -2.40. The molecule has 0 spiro atoms. The van der Waals surface area contributed by atoms with Crippen LogP contribution in [0.3, 0.4) is 0 Å². The lowest BCUT2D eigenvalue weighted by molar-refractivity contribution is -0.941. The Hall–Kier alpha value is -0.0800. The third-order valence-corrected chi connectivity index (χ3v) is 3.80. The molecule has 3 atom stereocenters. The Bertz CT molecular complexity index is 138. The molecule has 2 nitrogen and oxygen atoms in total. The van der Waals surface area contributed by atoms with Gasteiger partial charge < -0.3 is 10.6 Å². The van der Waals surface area contributed by atoms with Crippen LogP contribution in [0.25, 0.3) is 0 Å². The highest BCUT2D eigenvalue weighted by molar-refractivity contribution is 4.74. The summed E-state index contributed by atoms with van der Waals surface area (Å²) >= 11 is 0. The van der Waals surface area contributed by atoms with Gasteiger partial charge in [0.05, 0.1) is 31.6 Å². The predicted molar refractivity (Wildman–Crippen MR) is 48.8 cm³/mol. The van der Waals surface area contributed by atoms with Crippen molar-refractivity contribution in [1.82, 2.24) is 0 Å². The number of quaternary nitrogens is 2. The molecule has 0 aromatic carbocycles. The summed E-state index contributed by atoms with van der Waals surface area (Å²) in [5, 5.41) is 0. The van der Waals surface area contributed by atoms with Crippen molar-refractivity contribution >= 4 is 0 Å². The first-order chi connectivity index (χ1) is 5.92. The van der Waals surface area contributed by atoms with Crippen LogP contribution in [0.5, 0.6) is 0 Å². The van der Waals surface area contributed by atoms with Gasteiger partial charge in [0, 0.05) is 6.42 Å². The van der Waals surface area contributed by atoms with Crippen molar-refractivity contribution in [2.75, 3.05) is 19.6 Å². The summed E-state index contributed by atoms with van der Waals surface area (Å²) in [7, 11) is 0. The Morgan fingerprint density at radius 2 is 1.92 bits per heavy atom. The largest absolute Gasteiger partial charge is 0.357 e. The summed E-state index contributed by atoms with van der Waals surface area (Å²) in [5.41, 5.74) is 4.09. The first-order valence-corrected chi connectivity index (χ1v) is 5.55. The fraction of sp³-hybridized carbons (Fsp3) is 1.00. The summed E-state index contributed by atoms with van der Waals surface area (Å²) in [6, 6.07) is 0.991. The van der Waals surface area contributed by atoms with Gasteiger partial charge in [-0.05, 0) is 25.7 Å². The van der Waals surface area contributed by atoms with Gasteiger partial charge in [-0.15, -0.1) is 0 Å². The number of piperidine rings is 2. The van der Waals surface area contributed by atoms with Crippen LogP contribution in [0.15, 0.2) is 0 Å². The molecule has 2 fully saturated rings. The zero-order valence-electron chi connectivity index (χ0n) is 8.02. The predicted octanol–water partition coefficient (Wildman–Crippen LogP) is -0.924. The van der Waals surface area contributed by atoms with Gasteiger partial charge in [-0.1, -0.05) is 0 Å². The average molecular weight is 170 g/mol. The van der Waals surface area contributed by atoms with Gasteiger partial charge in [-0.3, -0.25) is 0 Å². The molecule has 0 amide bonds. The summed E-state index contributed by atoms with van der Waals surface area (Å²) in [6.07, 6.45) is 7.33. The number of fused-ring (bicyclic) bond motifs is 1. The van der Waals surface area contributed by atoms with Gasteiger partial charge in [0.1, 0.15) is 0 Å². The molecule has 4 N–H and O–H groups in total. The SMILES string of the molecule is [NH3+]C[C@@H]1CCC[NH+]2CCCC[C@@H]12. The Morgan fingerprint density at radius 3 is 2.75 bits per heavy atom. The van der Waals surface area contributed by atoms with Gasteiger partial charge in [0.15, 0.2) is 0 Å². The molecule has 12 heavy (non-hydrogen) atoms. The van der Waals surface area contributed by atoms with Crippen LogP contribution in [-0.2, 0) is 0 Å². The van der Waals surface area contributed by atoms with E-state index in [0.29, 0.717) is 0 Å². The van der Waals surface area contributed by atoms with Crippen molar-refractivity contribution in [3.8, 4) is 0 Å². The molecule has 1 unspecified atom stereocenters. The molecule has 0 aromatic heterocycles. The van der Waals surface area contributed by atoms with E-state index in [1.54, 1.807) is 0 Å². The summed E-state index contributed by atoms with van der Waals surface area (Å²) in [5.74, 6) is 0.953. The molecule has 2 aliphatic rings. The van der Waals surface area contributed by atoms with Crippen LogP contribution in [0.2, 0.25) is 0 Å². The van der Waals surface area contributed by atoms with Gasteiger partial charge in [0.25, 0.3) is 0 Å². The van der Waals surface area contributed by atoms with E-state index in [0.717, 1.165) is 12.0 Å². The Morgan fingerprint density at radius 1 is 1.08 bits per heavy atom. The molecular weight excluding hydrogens is 148 g/mol. The van der Waals surface area contributed by atoms with Crippen LogP contribution >= 0.6 is 0 Å². The standard InChI is InChI=1S/C10H20N2/c11-8-9-4-3-7-12-6-2-1-5-10(9)12/h9-10H,1-8,11H2/p+2/t9-,10-/m0/s1. The molecule has 2 heteroatoms. The minimum Gasteiger partial charge on any atom is -0.357 e. The molecule has 0 aromatic rings. The minimum atomic E-state index is 0.953. The lowest BCUT2D eigenvalue weighted by Crippen LogP contribution is -3.18. The zero-order valence-corrected chi connectivity index (χ0v) is 8.02. The lowest BCUT2D eigenvalue weighted by atomic mass is 9.84. The fourth-order valence-electron chi connectivity index (χ4n) is 3.12. The smallest absolute Gasteiger partial charge is 0.0957 e. The first kappa shape index (κ1) is 8.52. The third-order valence-electron chi connectivity index (χ3n) is 3.80. The maximum absolute atomic E-state index is 4.09. The van der Waals surface area contributed by atoms with E-state index in [1.807, 2.05) is 4.90 Å². The van der Waals surface area contributed by atoms with Crippen molar-refractivity contribution in [2.24, 2.45) is 5.92 Å². The van der Waals surface area contributed by atoms with E-state index >= 15 is 0 Å². The normalized spacial score (nSPS) is 42.2. The summed E-state index contributed by atoms with van der Waals surface area (Å²) < 4.78 is 0. The van der Waals surface area contributed by atoms with Gasteiger partial charge in [-0.25, -0.2) is 0 Å². The average Bonchev–Trinajstić information content (AvgIpc) is 2.17. The Labute approximate surface area is 75.1 Å². The molecule has 70 valence electrons. The second kappa shape index (κ2) is 3.75. The number of hydrogen-bond acceptors (Lipinski definition) is 0. The summed E-state index contributed by atoms with van der Waals surface area (Å²) in [4.78, 5) is 1.90. The van der Waals surface area contributed by atoms with Crippen LogP contribution in [0, 0.1) is 5.92 Å². The quantitative estimate of drug-likeness (QED) is 0.510. The van der Waals surface area contributed by atoms with Crippen LogP contribution in [-0.4, -0.2) is 25.7 Å². The van der Waals surface area contributed by atoms with Gasteiger partial charge >= 0.3 is 0 Å². The minimum absolute atomic E-state index is 0.953. The van der Waals surface area contributed by atoms with Crippen molar-refractivity contribution in [2.45, 2.75) is 38.1 Å². The second-order valence-electron chi connectivity index (χ2n) is 4.45. The number of hydrogen-bond donors (Lipinski definition) is 2. The molecule has 0 bridgehead atoms. The topological polar surface area (TPSA) is 32.1 Å². The van der Waals surface area contributed by atoms with E-state index in [9.17, 15) is 0 Å². The number of rotatable bonds is 1.